The Balaban J connectivity index is 1.34. The van der Waals surface area contributed by atoms with E-state index in [0.29, 0.717) is 47.5 Å². The first kappa shape index (κ1) is 26.3. The smallest absolute Gasteiger partial charge is 0.309 e. The summed E-state index contributed by atoms with van der Waals surface area (Å²) < 4.78 is 5.33. The first-order valence-corrected chi connectivity index (χ1v) is 13.0. The van der Waals surface area contributed by atoms with Gasteiger partial charge in [0.15, 0.2) is 0 Å². The molecule has 0 bridgehead atoms. The van der Waals surface area contributed by atoms with Crippen LogP contribution in [-0.2, 0) is 11.2 Å². The lowest BCUT2D eigenvalue weighted by atomic mass is 9.74. The molecule has 1 aliphatic heterocycles. The molecule has 0 aliphatic carbocycles. The number of piperidine rings is 1. The van der Waals surface area contributed by atoms with Crippen LogP contribution in [0.1, 0.15) is 55.9 Å². The molecular weight excluding hydrogens is 478 g/mol. The summed E-state index contributed by atoms with van der Waals surface area (Å²) in [4.78, 5) is 23.4. The Bertz CT molecular complexity index is 1170. The summed E-state index contributed by atoms with van der Waals surface area (Å²) in [5.41, 5.74) is 1.56. The zero-order chi connectivity index (χ0) is 25.5. The first-order valence-electron chi connectivity index (χ1n) is 12.6. The summed E-state index contributed by atoms with van der Waals surface area (Å²) in [6, 6.07) is 11.4. The molecule has 1 fully saturated rings. The fourth-order valence-corrected chi connectivity index (χ4v) is 5.43. The van der Waals surface area contributed by atoms with Crippen molar-refractivity contribution in [2.24, 2.45) is 5.41 Å². The van der Waals surface area contributed by atoms with Crippen molar-refractivity contribution in [1.29, 1.82) is 0 Å². The molecule has 0 amide bonds. The molecule has 3 aromatic rings. The van der Waals surface area contributed by atoms with E-state index >= 15 is 0 Å². The first-order chi connectivity index (χ1) is 17.4. The fraction of sp³-hybridized carbons (Fsp3) is 0.464. The maximum atomic E-state index is 12.4. The SMILES string of the molecule is COc1ccc2ncc(Cl)c([C@H](O)CCC3(C(=O)O)CCN(CCCCc4ccccn4)CC3)c2c1. The Hall–Kier alpha value is -2.74. The van der Waals surface area contributed by atoms with Crippen molar-refractivity contribution >= 4 is 28.5 Å². The van der Waals surface area contributed by atoms with Crippen LogP contribution in [0.25, 0.3) is 10.9 Å². The molecule has 3 heterocycles. The highest BCUT2D eigenvalue weighted by Crippen LogP contribution is 2.41. The molecule has 2 aromatic heterocycles. The van der Waals surface area contributed by atoms with Gasteiger partial charge in [-0.2, -0.15) is 0 Å². The van der Waals surface area contributed by atoms with E-state index in [1.807, 2.05) is 36.5 Å². The van der Waals surface area contributed by atoms with Gasteiger partial charge >= 0.3 is 5.97 Å². The van der Waals surface area contributed by atoms with Crippen molar-refractivity contribution in [3.05, 3.63) is 65.1 Å². The summed E-state index contributed by atoms with van der Waals surface area (Å²) in [6.45, 7) is 2.47. The molecule has 0 radical (unpaired) electrons. The quantitative estimate of drug-likeness (QED) is 0.337. The van der Waals surface area contributed by atoms with Crippen LogP contribution in [0.2, 0.25) is 5.02 Å². The monoisotopic (exact) mass is 511 g/mol. The van der Waals surface area contributed by atoms with E-state index in [9.17, 15) is 15.0 Å². The van der Waals surface area contributed by atoms with Crippen molar-refractivity contribution in [3.63, 3.8) is 0 Å². The number of ether oxygens (including phenoxy) is 1. The summed E-state index contributed by atoms with van der Waals surface area (Å²) >= 11 is 6.44. The second-order valence-electron chi connectivity index (χ2n) is 9.66. The van der Waals surface area contributed by atoms with E-state index in [-0.39, 0.29) is 0 Å². The van der Waals surface area contributed by atoms with Gasteiger partial charge in [-0.15, -0.1) is 0 Å². The summed E-state index contributed by atoms with van der Waals surface area (Å²) in [5.74, 6) is -0.133. The van der Waals surface area contributed by atoms with Crippen molar-refractivity contribution in [2.45, 2.75) is 51.0 Å². The topological polar surface area (TPSA) is 95.8 Å². The number of aryl methyl sites for hydroxylation is 1. The van der Waals surface area contributed by atoms with Crippen LogP contribution in [0, 0.1) is 5.41 Å². The summed E-state index contributed by atoms with van der Waals surface area (Å²) in [5, 5.41) is 22.3. The zero-order valence-corrected chi connectivity index (χ0v) is 21.5. The van der Waals surface area contributed by atoms with Gasteiger partial charge in [0.2, 0.25) is 0 Å². The fourth-order valence-electron chi connectivity index (χ4n) is 5.15. The Kier molecular flexibility index (Phi) is 8.77. The number of pyridine rings is 2. The van der Waals surface area contributed by atoms with Gasteiger partial charge in [-0.3, -0.25) is 14.8 Å². The number of likely N-dealkylation sites (tertiary alicyclic amines) is 1. The van der Waals surface area contributed by atoms with E-state index in [2.05, 4.69) is 20.9 Å². The number of carboxylic acids is 1. The number of unbranched alkanes of at least 4 members (excludes halogenated alkanes) is 1. The highest BCUT2D eigenvalue weighted by atomic mass is 35.5. The zero-order valence-electron chi connectivity index (χ0n) is 20.7. The number of carboxylic acid groups (broad SMARTS) is 1. The Labute approximate surface area is 217 Å². The van der Waals surface area contributed by atoms with E-state index in [4.69, 9.17) is 16.3 Å². The van der Waals surface area contributed by atoms with E-state index in [0.717, 1.165) is 50.0 Å². The Morgan fingerprint density at radius 1 is 1.19 bits per heavy atom. The standard InChI is InChI=1S/C28H34ClN3O4/c1-36-21-8-9-24-22(18-21)26(23(29)19-31-24)25(33)10-11-28(27(34)35)12-16-32(17-13-28)15-5-3-7-20-6-2-4-14-30-20/h2,4,6,8-9,14,18-19,25,33H,3,5,7,10-13,15-17H2,1H3,(H,34,35)/t25-/m1/s1. The highest BCUT2D eigenvalue weighted by Gasteiger charge is 2.41. The van der Waals surface area contributed by atoms with Gasteiger partial charge in [-0.1, -0.05) is 17.7 Å². The lowest BCUT2D eigenvalue weighted by Gasteiger charge is -2.39. The molecule has 1 aliphatic rings. The van der Waals surface area contributed by atoms with E-state index < -0.39 is 17.5 Å². The predicted molar refractivity (Wildman–Crippen MR) is 140 cm³/mol. The minimum absolute atomic E-state index is 0.312. The number of rotatable bonds is 11. The molecule has 36 heavy (non-hydrogen) atoms. The van der Waals surface area contributed by atoms with Gasteiger partial charge in [-0.25, -0.2) is 0 Å². The number of nitrogens with zero attached hydrogens (tertiary/aromatic N) is 3. The van der Waals surface area contributed by atoms with Gasteiger partial charge in [0.25, 0.3) is 0 Å². The number of methoxy groups -OCH3 is 1. The normalized spacial score (nSPS) is 16.6. The second-order valence-corrected chi connectivity index (χ2v) is 10.1. The van der Waals surface area contributed by atoms with Crippen LogP contribution < -0.4 is 4.74 Å². The van der Waals surface area contributed by atoms with Crippen molar-refractivity contribution in [2.75, 3.05) is 26.7 Å². The van der Waals surface area contributed by atoms with Gasteiger partial charge in [0.1, 0.15) is 5.75 Å². The van der Waals surface area contributed by atoms with Gasteiger partial charge in [-0.05, 0) is 94.9 Å². The highest BCUT2D eigenvalue weighted by molar-refractivity contribution is 6.32. The molecule has 1 aromatic carbocycles. The minimum atomic E-state index is -0.893. The van der Waals surface area contributed by atoms with Crippen molar-refractivity contribution in [1.82, 2.24) is 14.9 Å². The summed E-state index contributed by atoms with van der Waals surface area (Å²) in [7, 11) is 1.58. The Morgan fingerprint density at radius 2 is 2.00 bits per heavy atom. The molecule has 2 N–H and O–H groups in total. The molecule has 7 nitrogen and oxygen atoms in total. The lowest BCUT2D eigenvalue weighted by Crippen LogP contribution is -2.44. The molecule has 192 valence electrons. The van der Waals surface area contributed by atoms with Gasteiger partial charge in [0.05, 0.1) is 29.2 Å². The molecule has 1 atom stereocenters. The maximum Gasteiger partial charge on any atom is 0.309 e. The van der Waals surface area contributed by atoms with Crippen LogP contribution in [0.4, 0.5) is 0 Å². The number of fused-ring (bicyclic) bond motifs is 1. The van der Waals surface area contributed by atoms with Crippen LogP contribution in [0.15, 0.2) is 48.8 Å². The maximum absolute atomic E-state index is 12.4. The molecule has 0 spiro atoms. The van der Waals surface area contributed by atoms with Crippen LogP contribution in [0.3, 0.4) is 0 Å². The average molecular weight is 512 g/mol. The number of aromatic nitrogens is 2. The third kappa shape index (κ3) is 6.14. The Morgan fingerprint density at radius 3 is 2.69 bits per heavy atom. The predicted octanol–water partition coefficient (Wildman–Crippen LogP) is 5.30. The number of aliphatic carboxylic acids is 1. The van der Waals surface area contributed by atoms with E-state index in [1.54, 1.807) is 7.11 Å². The van der Waals surface area contributed by atoms with E-state index in [1.165, 1.54) is 6.20 Å². The molecule has 4 rings (SSSR count). The molecule has 0 saturated carbocycles. The second kappa shape index (κ2) is 12.0. The number of hydrogen-bond donors (Lipinski definition) is 2. The average Bonchev–Trinajstić information content (AvgIpc) is 2.90. The van der Waals surface area contributed by atoms with Crippen LogP contribution >= 0.6 is 11.6 Å². The van der Waals surface area contributed by atoms with Crippen molar-refractivity contribution in [3.8, 4) is 5.75 Å². The molecule has 1 saturated heterocycles. The lowest BCUT2D eigenvalue weighted by molar-refractivity contribution is -0.153. The number of hydrogen-bond acceptors (Lipinski definition) is 6. The number of halogens is 1. The molecule has 0 unspecified atom stereocenters. The molecule has 8 heteroatoms. The third-order valence-corrected chi connectivity index (χ3v) is 7.75. The number of carbonyl (C=O) groups is 1. The van der Waals surface area contributed by atoms with Gasteiger partial charge in [0, 0.05) is 29.0 Å². The largest absolute Gasteiger partial charge is 0.497 e. The molecular formula is C28H34ClN3O4. The van der Waals surface area contributed by atoms with Gasteiger partial charge < -0.3 is 19.8 Å². The van der Waals surface area contributed by atoms with Crippen molar-refractivity contribution < 1.29 is 19.7 Å². The van der Waals surface area contributed by atoms with Crippen LogP contribution in [0.5, 0.6) is 5.75 Å². The number of aliphatic hydroxyl groups excluding tert-OH is 1. The number of benzene rings is 1. The minimum Gasteiger partial charge on any atom is -0.497 e. The number of aliphatic hydroxyl groups is 1. The summed E-state index contributed by atoms with van der Waals surface area (Å²) in [6.07, 6.45) is 7.41. The third-order valence-electron chi connectivity index (χ3n) is 7.45. The van der Waals surface area contributed by atoms with Crippen LogP contribution in [-0.4, -0.2) is 57.8 Å².